The highest BCUT2D eigenvalue weighted by Crippen LogP contribution is 2.39. The Kier molecular flexibility index (Phi) is 6.80. The number of halogens is 5. The van der Waals surface area contributed by atoms with E-state index in [4.69, 9.17) is 0 Å². The van der Waals surface area contributed by atoms with Crippen molar-refractivity contribution in [3.05, 3.63) is 54.1 Å². The van der Waals surface area contributed by atoms with Crippen molar-refractivity contribution in [1.82, 2.24) is 10.6 Å². The minimum atomic E-state index is -5.86. The number of alkyl carbamates (subject to hydrolysis) is 1. The molecule has 2 N–H and O–H groups in total. The van der Waals surface area contributed by atoms with Gasteiger partial charge in [0.15, 0.2) is 6.10 Å². The number of nitrogens with zero attached hydrogens (tertiary/aromatic N) is 1. The third kappa shape index (κ3) is 4.95. The van der Waals surface area contributed by atoms with Gasteiger partial charge in [0.05, 0.1) is 12.2 Å². The summed E-state index contributed by atoms with van der Waals surface area (Å²) < 4.78 is 67.2. The second-order valence-electron chi connectivity index (χ2n) is 7.55. The molecule has 2 aromatic carbocycles. The Morgan fingerprint density at radius 3 is 2.26 bits per heavy atom. The van der Waals surface area contributed by atoms with E-state index in [0.29, 0.717) is 16.8 Å². The van der Waals surface area contributed by atoms with Crippen LogP contribution in [0.25, 0.3) is 11.1 Å². The predicted octanol–water partition coefficient (Wildman–Crippen LogP) is 3.80. The van der Waals surface area contributed by atoms with E-state index in [1.54, 1.807) is 42.5 Å². The van der Waals surface area contributed by atoms with E-state index in [-0.39, 0.29) is 0 Å². The first kappa shape index (κ1) is 24.9. The van der Waals surface area contributed by atoms with Crippen molar-refractivity contribution in [3.63, 3.8) is 0 Å². The molecule has 12 heteroatoms. The molecule has 0 radical (unpaired) electrons. The summed E-state index contributed by atoms with van der Waals surface area (Å²) in [6.07, 6.45) is -9.11. The summed E-state index contributed by atoms with van der Waals surface area (Å²) in [5, 5.41) is 3.75. The van der Waals surface area contributed by atoms with Crippen LogP contribution in [0.15, 0.2) is 48.5 Å². The Morgan fingerprint density at radius 1 is 1.03 bits per heavy atom. The number of ether oxygens (including phenoxy) is 1. The van der Waals surface area contributed by atoms with E-state index in [0.717, 1.165) is 12.5 Å². The summed E-state index contributed by atoms with van der Waals surface area (Å²) in [5.41, 5.74) is 2.51. The molecule has 1 aliphatic rings. The number of likely N-dealkylation sites (N-methyl/N-ethyl adjacent to an activating group) is 1. The fourth-order valence-electron chi connectivity index (χ4n) is 3.37. The normalized spacial score (nSPS) is 16.6. The van der Waals surface area contributed by atoms with Crippen molar-refractivity contribution in [3.8, 4) is 11.1 Å². The standard InChI is InChI=1S/C22H20F5N3O4/c1-12(34-20(33)28-11-21(23,24)22(25,26)27)18(31)29-17-15-9-4-3-7-13(15)14-8-5-6-10-16(14)30(2)19(17)32/h3-10,12,17H,11H2,1-2H3,(H,28,33)(H,29,31)/t12-,17+/m0/s1. The fraction of sp³-hybridized carbons (Fsp3) is 0.318. The zero-order valence-electron chi connectivity index (χ0n) is 18.0. The number of hydrogen-bond donors (Lipinski definition) is 2. The summed E-state index contributed by atoms with van der Waals surface area (Å²) >= 11 is 0. The summed E-state index contributed by atoms with van der Waals surface area (Å²) in [4.78, 5) is 38.8. The van der Waals surface area contributed by atoms with Gasteiger partial charge in [-0.1, -0.05) is 42.5 Å². The molecule has 0 aliphatic carbocycles. The topological polar surface area (TPSA) is 87.7 Å². The van der Waals surface area contributed by atoms with E-state index in [1.165, 1.54) is 17.3 Å². The number of nitrogens with one attached hydrogen (secondary N) is 2. The van der Waals surface area contributed by atoms with Gasteiger partial charge in [-0.2, -0.15) is 22.0 Å². The number of amides is 3. The molecule has 0 saturated carbocycles. The van der Waals surface area contributed by atoms with Gasteiger partial charge < -0.3 is 20.3 Å². The Labute approximate surface area is 190 Å². The highest BCUT2D eigenvalue weighted by Gasteiger charge is 2.57. The molecular formula is C22H20F5N3O4. The Morgan fingerprint density at radius 2 is 1.62 bits per heavy atom. The summed E-state index contributed by atoms with van der Waals surface area (Å²) in [6, 6.07) is 12.8. The van der Waals surface area contributed by atoms with Gasteiger partial charge in [-0.25, -0.2) is 4.79 Å². The number of alkyl halides is 5. The van der Waals surface area contributed by atoms with E-state index in [2.05, 4.69) is 10.1 Å². The van der Waals surface area contributed by atoms with Crippen molar-refractivity contribution in [2.75, 3.05) is 18.5 Å². The lowest BCUT2D eigenvalue weighted by molar-refractivity contribution is -0.278. The lowest BCUT2D eigenvalue weighted by atomic mass is 9.95. The van der Waals surface area contributed by atoms with E-state index < -0.39 is 48.7 Å². The van der Waals surface area contributed by atoms with Crippen LogP contribution in [-0.2, 0) is 14.3 Å². The number of fused-ring (bicyclic) bond motifs is 3. The average Bonchev–Trinajstić information content (AvgIpc) is 2.87. The number of carbonyl (C=O) groups excluding carboxylic acids is 3. The first-order chi connectivity index (χ1) is 15.8. The number of para-hydroxylation sites is 1. The largest absolute Gasteiger partial charge is 0.455 e. The lowest BCUT2D eigenvalue weighted by Crippen LogP contribution is -2.48. The maximum absolute atomic E-state index is 13.2. The molecular weight excluding hydrogens is 465 g/mol. The molecule has 7 nitrogen and oxygen atoms in total. The molecule has 0 fully saturated rings. The van der Waals surface area contributed by atoms with Gasteiger partial charge >= 0.3 is 18.2 Å². The fourth-order valence-corrected chi connectivity index (χ4v) is 3.37. The molecule has 0 unspecified atom stereocenters. The van der Waals surface area contributed by atoms with Crippen molar-refractivity contribution >= 4 is 23.6 Å². The van der Waals surface area contributed by atoms with E-state index >= 15 is 0 Å². The van der Waals surface area contributed by atoms with Crippen LogP contribution in [0.3, 0.4) is 0 Å². The Hall–Kier alpha value is -3.70. The molecule has 3 amide bonds. The van der Waals surface area contributed by atoms with Crippen LogP contribution in [0.2, 0.25) is 0 Å². The van der Waals surface area contributed by atoms with Gasteiger partial charge in [-0.15, -0.1) is 0 Å². The summed E-state index contributed by atoms with van der Waals surface area (Å²) in [6.45, 7) is -0.969. The average molecular weight is 485 g/mol. The third-order valence-corrected chi connectivity index (χ3v) is 5.21. The van der Waals surface area contributed by atoms with Crippen LogP contribution in [0, 0.1) is 0 Å². The summed E-state index contributed by atoms with van der Waals surface area (Å²) in [7, 11) is 1.53. The molecule has 1 heterocycles. The maximum atomic E-state index is 13.2. The number of hydrogen-bond acceptors (Lipinski definition) is 4. The van der Waals surface area contributed by atoms with Crippen molar-refractivity contribution in [1.29, 1.82) is 0 Å². The monoisotopic (exact) mass is 485 g/mol. The lowest BCUT2D eigenvalue weighted by Gasteiger charge is -2.24. The van der Waals surface area contributed by atoms with Crippen LogP contribution in [0.5, 0.6) is 0 Å². The number of benzene rings is 2. The quantitative estimate of drug-likeness (QED) is 0.631. The van der Waals surface area contributed by atoms with Crippen molar-refractivity contribution < 1.29 is 41.1 Å². The molecule has 2 aromatic rings. The molecule has 2 atom stereocenters. The molecule has 3 rings (SSSR count). The highest BCUT2D eigenvalue weighted by molar-refractivity contribution is 6.06. The van der Waals surface area contributed by atoms with E-state index in [9.17, 15) is 36.3 Å². The maximum Gasteiger partial charge on any atom is 0.455 e. The van der Waals surface area contributed by atoms with Gasteiger partial charge in [-0.05, 0) is 24.1 Å². The van der Waals surface area contributed by atoms with Crippen LogP contribution in [0.1, 0.15) is 18.5 Å². The van der Waals surface area contributed by atoms with Crippen molar-refractivity contribution in [2.24, 2.45) is 0 Å². The second-order valence-corrected chi connectivity index (χ2v) is 7.55. The molecule has 34 heavy (non-hydrogen) atoms. The molecule has 0 spiro atoms. The van der Waals surface area contributed by atoms with Gasteiger partial charge in [0.25, 0.3) is 11.8 Å². The van der Waals surface area contributed by atoms with Crippen LogP contribution in [-0.4, -0.2) is 49.7 Å². The Balaban J connectivity index is 1.74. The minimum absolute atomic E-state index is 0.471. The first-order valence-corrected chi connectivity index (χ1v) is 9.99. The van der Waals surface area contributed by atoms with Gasteiger partial charge in [0, 0.05) is 12.6 Å². The summed E-state index contributed by atoms with van der Waals surface area (Å²) in [5.74, 6) is -6.62. The molecule has 0 bridgehead atoms. The first-order valence-electron chi connectivity index (χ1n) is 9.99. The number of rotatable bonds is 5. The van der Waals surface area contributed by atoms with Crippen LogP contribution >= 0.6 is 0 Å². The van der Waals surface area contributed by atoms with Gasteiger partial charge in [-0.3, -0.25) is 9.59 Å². The third-order valence-electron chi connectivity index (χ3n) is 5.21. The number of carbonyl (C=O) groups is 3. The second kappa shape index (κ2) is 9.27. The SMILES string of the molecule is C[C@H](OC(=O)NCC(F)(F)C(F)(F)F)C(=O)N[C@H]1C(=O)N(C)c2ccccc2-c2ccccc21. The van der Waals surface area contributed by atoms with Gasteiger partial charge in [0.1, 0.15) is 6.04 Å². The highest BCUT2D eigenvalue weighted by atomic mass is 19.4. The van der Waals surface area contributed by atoms with Gasteiger partial charge in [0.2, 0.25) is 0 Å². The van der Waals surface area contributed by atoms with Crippen molar-refractivity contribution in [2.45, 2.75) is 31.2 Å². The number of anilines is 1. The van der Waals surface area contributed by atoms with Crippen LogP contribution in [0.4, 0.5) is 32.4 Å². The molecule has 1 aliphatic heterocycles. The van der Waals surface area contributed by atoms with E-state index in [1.807, 2.05) is 6.07 Å². The zero-order valence-corrected chi connectivity index (χ0v) is 18.0. The molecule has 182 valence electrons. The zero-order chi connectivity index (χ0) is 25.3. The van der Waals surface area contributed by atoms with Crippen LogP contribution < -0.4 is 15.5 Å². The predicted molar refractivity (Wildman–Crippen MR) is 111 cm³/mol. The molecule has 0 aromatic heterocycles. The minimum Gasteiger partial charge on any atom is -0.436 e. The Bertz CT molecular complexity index is 1110. The smallest absolute Gasteiger partial charge is 0.436 e. The molecule has 0 saturated heterocycles.